The molecule has 1 heterocycles. The fraction of sp³-hybridized carbons (Fsp3) is 0.154. The van der Waals surface area contributed by atoms with E-state index in [-0.39, 0.29) is 24.1 Å². The van der Waals surface area contributed by atoms with Crippen molar-refractivity contribution in [2.75, 3.05) is 24.2 Å². The molecule has 35 heavy (non-hydrogen) atoms. The van der Waals surface area contributed by atoms with E-state index in [1.54, 1.807) is 24.3 Å². The Morgan fingerprint density at radius 1 is 0.886 bits per heavy atom. The van der Waals surface area contributed by atoms with Crippen molar-refractivity contribution in [3.8, 4) is 22.8 Å². The van der Waals surface area contributed by atoms with Gasteiger partial charge in [-0.3, -0.25) is 14.2 Å². The number of para-hydroxylation sites is 1. The topological polar surface area (TPSA) is 98.1 Å². The smallest absolute Gasteiger partial charge is 0.243 e. The van der Waals surface area contributed by atoms with Gasteiger partial charge in [-0.05, 0) is 43.3 Å². The van der Waals surface area contributed by atoms with Crippen LogP contribution in [0.1, 0.15) is 6.92 Å². The van der Waals surface area contributed by atoms with Gasteiger partial charge in [0.05, 0.1) is 18.9 Å². The summed E-state index contributed by atoms with van der Waals surface area (Å²) >= 11 is 1.26. The largest absolute Gasteiger partial charge is 0.494 e. The van der Waals surface area contributed by atoms with E-state index in [9.17, 15) is 9.59 Å². The standard InChI is InChI=1S/C26H25N5O3S/c1-2-34-22-15-13-20(14-16-22)28-23(32)17-27-24(33)18-35-26-30-29-25(19-9-5-3-6-10-19)31(26)21-11-7-4-8-12-21/h3-16H,2,17-18H2,1H3,(H,27,33)(H,28,32). The second kappa shape index (κ2) is 11.8. The van der Waals surface area contributed by atoms with E-state index in [4.69, 9.17) is 4.74 Å². The summed E-state index contributed by atoms with van der Waals surface area (Å²) in [5, 5.41) is 14.7. The number of carbonyl (C=O) groups excluding carboxylic acids is 2. The number of nitrogens with zero attached hydrogens (tertiary/aromatic N) is 3. The van der Waals surface area contributed by atoms with Crippen molar-refractivity contribution in [3.63, 3.8) is 0 Å². The molecule has 0 fully saturated rings. The third-order valence-corrected chi connectivity index (χ3v) is 5.84. The average molecular weight is 488 g/mol. The number of aromatic nitrogens is 3. The van der Waals surface area contributed by atoms with Crippen LogP contribution in [0.15, 0.2) is 90.1 Å². The number of rotatable bonds is 10. The first kappa shape index (κ1) is 24.0. The highest BCUT2D eigenvalue weighted by molar-refractivity contribution is 7.99. The molecule has 0 spiro atoms. The number of hydrogen-bond acceptors (Lipinski definition) is 6. The van der Waals surface area contributed by atoms with E-state index >= 15 is 0 Å². The average Bonchev–Trinajstić information content (AvgIpc) is 3.32. The van der Waals surface area contributed by atoms with Crippen LogP contribution in [0.3, 0.4) is 0 Å². The second-order valence-corrected chi connectivity index (χ2v) is 8.36. The number of carbonyl (C=O) groups is 2. The first-order chi connectivity index (χ1) is 17.1. The monoisotopic (exact) mass is 487 g/mol. The number of anilines is 1. The lowest BCUT2D eigenvalue weighted by Crippen LogP contribution is -2.33. The van der Waals surface area contributed by atoms with Gasteiger partial charge in [-0.25, -0.2) is 0 Å². The Morgan fingerprint density at radius 2 is 1.57 bits per heavy atom. The molecule has 0 atom stereocenters. The summed E-state index contributed by atoms with van der Waals surface area (Å²) in [6.07, 6.45) is 0. The lowest BCUT2D eigenvalue weighted by atomic mass is 10.2. The van der Waals surface area contributed by atoms with Gasteiger partial charge in [0, 0.05) is 16.9 Å². The van der Waals surface area contributed by atoms with Gasteiger partial charge in [-0.15, -0.1) is 10.2 Å². The zero-order valence-corrected chi connectivity index (χ0v) is 20.0. The van der Waals surface area contributed by atoms with E-state index < -0.39 is 0 Å². The number of ether oxygens (including phenoxy) is 1. The minimum Gasteiger partial charge on any atom is -0.494 e. The lowest BCUT2D eigenvalue weighted by Gasteiger charge is -2.10. The van der Waals surface area contributed by atoms with E-state index in [0.717, 1.165) is 17.0 Å². The molecule has 0 aliphatic carbocycles. The summed E-state index contributed by atoms with van der Waals surface area (Å²) in [5.74, 6) is 0.923. The zero-order chi connectivity index (χ0) is 24.5. The lowest BCUT2D eigenvalue weighted by molar-refractivity contribution is -0.122. The Balaban J connectivity index is 1.35. The molecule has 0 saturated heterocycles. The third kappa shape index (κ3) is 6.48. The normalized spacial score (nSPS) is 10.5. The summed E-state index contributed by atoms with van der Waals surface area (Å²) in [5.41, 5.74) is 2.45. The fourth-order valence-electron chi connectivity index (χ4n) is 3.31. The van der Waals surface area contributed by atoms with Crippen LogP contribution in [0.5, 0.6) is 5.75 Å². The number of benzene rings is 3. The van der Waals surface area contributed by atoms with Crippen LogP contribution in [-0.4, -0.2) is 45.5 Å². The maximum atomic E-state index is 12.4. The fourth-order valence-corrected chi connectivity index (χ4v) is 4.10. The summed E-state index contributed by atoms with van der Waals surface area (Å²) in [7, 11) is 0. The molecule has 178 valence electrons. The predicted octanol–water partition coefficient (Wildman–Crippen LogP) is 4.18. The summed E-state index contributed by atoms with van der Waals surface area (Å²) in [6.45, 7) is 2.35. The minimum absolute atomic E-state index is 0.0933. The highest BCUT2D eigenvalue weighted by Gasteiger charge is 2.17. The maximum Gasteiger partial charge on any atom is 0.243 e. The van der Waals surface area contributed by atoms with Crippen molar-refractivity contribution in [3.05, 3.63) is 84.9 Å². The van der Waals surface area contributed by atoms with Gasteiger partial charge < -0.3 is 15.4 Å². The van der Waals surface area contributed by atoms with E-state index in [2.05, 4.69) is 20.8 Å². The summed E-state index contributed by atoms with van der Waals surface area (Å²) < 4.78 is 7.31. The molecule has 0 unspecified atom stereocenters. The van der Waals surface area contributed by atoms with Crippen molar-refractivity contribution >= 4 is 29.3 Å². The molecule has 0 aliphatic rings. The first-order valence-electron chi connectivity index (χ1n) is 11.1. The SMILES string of the molecule is CCOc1ccc(NC(=O)CNC(=O)CSc2nnc(-c3ccccc3)n2-c2ccccc2)cc1. The molecule has 4 aromatic rings. The molecule has 0 bridgehead atoms. The van der Waals surface area contributed by atoms with Crippen LogP contribution in [0.25, 0.3) is 17.1 Å². The Hall–Kier alpha value is -4.11. The van der Waals surface area contributed by atoms with Gasteiger partial charge in [0.2, 0.25) is 11.8 Å². The van der Waals surface area contributed by atoms with Crippen LogP contribution in [0, 0.1) is 0 Å². The van der Waals surface area contributed by atoms with Crippen LogP contribution in [0.2, 0.25) is 0 Å². The summed E-state index contributed by atoms with van der Waals surface area (Å²) in [6, 6.07) is 26.6. The molecule has 2 N–H and O–H groups in total. The number of thioether (sulfide) groups is 1. The van der Waals surface area contributed by atoms with Crippen LogP contribution in [-0.2, 0) is 9.59 Å². The van der Waals surface area contributed by atoms with Crippen molar-refractivity contribution < 1.29 is 14.3 Å². The van der Waals surface area contributed by atoms with Crippen molar-refractivity contribution in [2.45, 2.75) is 12.1 Å². The first-order valence-corrected chi connectivity index (χ1v) is 12.1. The Bertz CT molecular complexity index is 1260. The molecule has 0 saturated carbocycles. The molecular weight excluding hydrogens is 462 g/mol. The maximum absolute atomic E-state index is 12.4. The van der Waals surface area contributed by atoms with E-state index in [1.807, 2.05) is 72.2 Å². The Morgan fingerprint density at radius 3 is 2.26 bits per heavy atom. The van der Waals surface area contributed by atoms with Gasteiger partial charge >= 0.3 is 0 Å². The minimum atomic E-state index is -0.314. The Labute approximate surface area is 207 Å². The molecule has 0 aliphatic heterocycles. The van der Waals surface area contributed by atoms with Crippen molar-refractivity contribution in [1.82, 2.24) is 20.1 Å². The molecule has 8 nitrogen and oxygen atoms in total. The third-order valence-electron chi connectivity index (χ3n) is 4.91. The van der Waals surface area contributed by atoms with Gasteiger partial charge in [0.25, 0.3) is 0 Å². The number of hydrogen-bond donors (Lipinski definition) is 2. The number of amides is 2. The quantitative estimate of drug-likeness (QED) is 0.326. The molecular formula is C26H25N5O3S. The highest BCUT2D eigenvalue weighted by atomic mass is 32.2. The highest BCUT2D eigenvalue weighted by Crippen LogP contribution is 2.27. The summed E-state index contributed by atoms with van der Waals surface area (Å²) in [4.78, 5) is 24.6. The van der Waals surface area contributed by atoms with Crippen LogP contribution in [0.4, 0.5) is 5.69 Å². The van der Waals surface area contributed by atoms with Crippen molar-refractivity contribution in [1.29, 1.82) is 0 Å². The molecule has 3 aromatic carbocycles. The van der Waals surface area contributed by atoms with Gasteiger partial charge in [0.1, 0.15) is 5.75 Å². The molecule has 0 radical (unpaired) electrons. The van der Waals surface area contributed by atoms with Gasteiger partial charge in [0.15, 0.2) is 11.0 Å². The van der Waals surface area contributed by atoms with E-state index in [1.165, 1.54) is 11.8 Å². The Kier molecular flexibility index (Phi) is 8.13. The molecule has 9 heteroatoms. The van der Waals surface area contributed by atoms with Crippen molar-refractivity contribution in [2.24, 2.45) is 0 Å². The van der Waals surface area contributed by atoms with Gasteiger partial charge in [-0.2, -0.15) is 0 Å². The van der Waals surface area contributed by atoms with Crippen LogP contribution < -0.4 is 15.4 Å². The molecule has 4 rings (SSSR count). The second-order valence-electron chi connectivity index (χ2n) is 7.41. The number of nitrogens with one attached hydrogen (secondary N) is 2. The predicted molar refractivity (Wildman–Crippen MR) is 137 cm³/mol. The van der Waals surface area contributed by atoms with Crippen LogP contribution >= 0.6 is 11.8 Å². The zero-order valence-electron chi connectivity index (χ0n) is 19.2. The molecule has 2 amide bonds. The van der Waals surface area contributed by atoms with Gasteiger partial charge in [-0.1, -0.05) is 60.3 Å². The molecule has 1 aromatic heterocycles. The van der Waals surface area contributed by atoms with E-state index in [0.29, 0.717) is 23.3 Å².